The van der Waals surface area contributed by atoms with E-state index in [1.807, 2.05) is 12.1 Å². The summed E-state index contributed by atoms with van der Waals surface area (Å²) in [5.74, 6) is 0. The summed E-state index contributed by atoms with van der Waals surface area (Å²) in [6.07, 6.45) is 0. The molecule has 0 unspecified atom stereocenters. The molecule has 0 atom stereocenters. The summed E-state index contributed by atoms with van der Waals surface area (Å²) >= 11 is 0. The van der Waals surface area contributed by atoms with Crippen molar-refractivity contribution in [3.8, 4) is 22.4 Å². The molecular weight excluding hydrogens is 444 g/mol. The molecule has 3 aromatic carbocycles. The van der Waals surface area contributed by atoms with E-state index in [1.165, 1.54) is 22.0 Å². The fourth-order valence-corrected chi connectivity index (χ4v) is 7.04. The van der Waals surface area contributed by atoms with Crippen LogP contribution < -0.4 is 9.75 Å². The SMILES string of the molecule is [C-]#[N+]c1ccc2c(oc3c(-c4ccc([Si](C)(C)C)c(C)[n+]4C)c(C)ccc32)c1-c1ccc(C)cc1. The van der Waals surface area contributed by atoms with Crippen LogP contribution in [0.2, 0.25) is 19.6 Å². The Hall–Kier alpha value is -3.68. The van der Waals surface area contributed by atoms with Gasteiger partial charge in [-0.05, 0) is 25.0 Å². The van der Waals surface area contributed by atoms with Crippen LogP contribution in [0.4, 0.5) is 5.69 Å². The van der Waals surface area contributed by atoms with Crippen LogP contribution in [-0.2, 0) is 7.05 Å². The molecule has 0 bridgehead atoms. The highest BCUT2D eigenvalue weighted by Crippen LogP contribution is 2.44. The van der Waals surface area contributed by atoms with Gasteiger partial charge in [0.25, 0.3) is 0 Å². The number of aromatic nitrogens is 1. The number of rotatable bonds is 3. The first-order valence-corrected chi connectivity index (χ1v) is 15.6. The fourth-order valence-electron chi connectivity index (χ4n) is 5.20. The van der Waals surface area contributed by atoms with E-state index in [0.29, 0.717) is 5.69 Å². The van der Waals surface area contributed by atoms with Crippen molar-refractivity contribution in [1.29, 1.82) is 0 Å². The second-order valence-corrected chi connectivity index (χ2v) is 15.6. The summed E-state index contributed by atoms with van der Waals surface area (Å²) in [7, 11) is 0.698. The Bertz CT molecular complexity index is 1660. The normalized spacial score (nSPS) is 11.8. The molecule has 0 fully saturated rings. The second kappa shape index (κ2) is 8.22. The van der Waals surface area contributed by atoms with Crippen LogP contribution in [0.3, 0.4) is 0 Å². The zero-order chi connectivity index (χ0) is 25.1. The Kier molecular flexibility index (Phi) is 5.42. The third-order valence-corrected chi connectivity index (χ3v) is 9.33. The minimum atomic E-state index is -1.46. The average molecular weight is 476 g/mol. The highest BCUT2D eigenvalue weighted by Gasteiger charge is 2.28. The molecule has 2 heterocycles. The standard InChI is InChI=1S/C31H31N2OSi/c1-19-9-12-22(13-10-19)29-25(32-4)16-15-24-23-14-11-20(2)28(30(23)34-31(24)29)26-17-18-27(35(6,7)8)21(3)33(26)5/h9-18H,1-3,5-8H3/q+1. The van der Waals surface area contributed by atoms with E-state index < -0.39 is 8.07 Å². The molecule has 0 amide bonds. The highest BCUT2D eigenvalue weighted by atomic mass is 28.3. The van der Waals surface area contributed by atoms with Gasteiger partial charge >= 0.3 is 0 Å². The molecule has 0 saturated heterocycles. The maximum Gasteiger partial charge on any atom is 0.216 e. The largest absolute Gasteiger partial charge is 0.456 e. The first kappa shape index (κ1) is 23.1. The molecule has 0 spiro atoms. The first-order valence-electron chi connectivity index (χ1n) is 12.1. The van der Waals surface area contributed by atoms with Gasteiger partial charge < -0.3 is 4.42 Å². The Balaban J connectivity index is 1.86. The Morgan fingerprint density at radius 2 is 1.40 bits per heavy atom. The molecule has 35 heavy (non-hydrogen) atoms. The summed E-state index contributed by atoms with van der Waals surface area (Å²) in [6, 6.07) is 21.2. The quantitative estimate of drug-likeness (QED) is 0.148. The van der Waals surface area contributed by atoms with Gasteiger partial charge in [0.15, 0.2) is 11.4 Å². The third-order valence-electron chi connectivity index (χ3n) is 7.18. The lowest BCUT2D eigenvalue weighted by Crippen LogP contribution is -2.49. The van der Waals surface area contributed by atoms with E-state index in [1.54, 1.807) is 0 Å². The molecule has 3 nitrogen and oxygen atoms in total. The van der Waals surface area contributed by atoms with Crippen LogP contribution in [0, 0.1) is 27.3 Å². The van der Waals surface area contributed by atoms with E-state index in [0.717, 1.165) is 44.3 Å². The van der Waals surface area contributed by atoms with Crippen molar-refractivity contribution in [3.05, 3.63) is 88.9 Å². The van der Waals surface area contributed by atoms with Crippen LogP contribution in [0.1, 0.15) is 16.8 Å². The van der Waals surface area contributed by atoms with Crippen LogP contribution in [-0.4, -0.2) is 8.07 Å². The molecule has 5 aromatic rings. The lowest BCUT2D eigenvalue weighted by Gasteiger charge is -2.18. The number of fused-ring (bicyclic) bond motifs is 3. The van der Waals surface area contributed by atoms with Gasteiger partial charge in [-0.25, -0.2) is 4.85 Å². The summed E-state index contributed by atoms with van der Waals surface area (Å²) in [5.41, 5.74) is 10.1. The Morgan fingerprint density at radius 1 is 0.771 bits per heavy atom. The maximum absolute atomic E-state index is 7.80. The van der Waals surface area contributed by atoms with Crippen molar-refractivity contribution >= 4 is 40.9 Å². The molecule has 0 aliphatic heterocycles. The average Bonchev–Trinajstić information content (AvgIpc) is 3.19. The molecule has 0 saturated carbocycles. The van der Waals surface area contributed by atoms with Crippen molar-refractivity contribution < 1.29 is 8.98 Å². The zero-order valence-electron chi connectivity index (χ0n) is 21.6. The molecule has 5 rings (SSSR count). The Labute approximate surface area is 208 Å². The smallest absolute Gasteiger partial charge is 0.216 e. The van der Waals surface area contributed by atoms with Crippen molar-refractivity contribution in [2.45, 2.75) is 40.4 Å². The minimum absolute atomic E-state index is 0.611. The monoisotopic (exact) mass is 475 g/mol. The van der Waals surface area contributed by atoms with E-state index >= 15 is 0 Å². The minimum Gasteiger partial charge on any atom is -0.456 e. The lowest BCUT2D eigenvalue weighted by atomic mass is 9.97. The first-order chi connectivity index (χ1) is 16.6. The van der Waals surface area contributed by atoms with Gasteiger partial charge in [0.1, 0.15) is 18.2 Å². The van der Waals surface area contributed by atoms with Gasteiger partial charge in [-0.2, -0.15) is 4.57 Å². The number of pyridine rings is 1. The Morgan fingerprint density at radius 3 is 2.03 bits per heavy atom. The fraction of sp³-hybridized carbons (Fsp3) is 0.226. The number of furan rings is 1. The van der Waals surface area contributed by atoms with Crippen LogP contribution >= 0.6 is 0 Å². The zero-order valence-corrected chi connectivity index (χ0v) is 22.6. The number of nitrogens with zero attached hydrogens (tertiary/aromatic N) is 2. The molecule has 4 heteroatoms. The van der Waals surface area contributed by atoms with Crippen molar-refractivity contribution in [2.75, 3.05) is 0 Å². The number of hydrogen-bond donors (Lipinski definition) is 0. The highest BCUT2D eigenvalue weighted by molar-refractivity contribution is 6.88. The maximum atomic E-state index is 7.80. The second-order valence-electron chi connectivity index (χ2n) is 10.6. The van der Waals surface area contributed by atoms with Gasteiger partial charge in [-0.1, -0.05) is 79.8 Å². The summed E-state index contributed by atoms with van der Waals surface area (Å²) in [4.78, 5) is 3.84. The predicted octanol–water partition coefficient (Wildman–Crippen LogP) is 7.77. The van der Waals surface area contributed by atoms with E-state index in [9.17, 15) is 0 Å². The van der Waals surface area contributed by atoms with E-state index in [-0.39, 0.29) is 0 Å². The lowest BCUT2D eigenvalue weighted by molar-refractivity contribution is -0.665. The predicted molar refractivity (Wildman–Crippen MR) is 149 cm³/mol. The van der Waals surface area contributed by atoms with Gasteiger partial charge in [-0.15, -0.1) is 0 Å². The van der Waals surface area contributed by atoms with Crippen LogP contribution in [0.15, 0.2) is 65.1 Å². The van der Waals surface area contributed by atoms with Crippen molar-refractivity contribution in [2.24, 2.45) is 7.05 Å². The van der Waals surface area contributed by atoms with Crippen molar-refractivity contribution in [3.63, 3.8) is 0 Å². The molecular formula is C31H31N2OSi+. The van der Waals surface area contributed by atoms with Gasteiger partial charge in [0.2, 0.25) is 5.69 Å². The number of benzene rings is 3. The van der Waals surface area contributed by atoms with Crippen LogP contribution in [0.5, 0.6) is 0 Å². The van der Waals surface area contributed by atoms with Gasteiger partial charge in [0, 0.05) is 34.5 Å². The molecule has 0 aliphatic carbocycles. The molecule has 2 aromatic heterocycles. The number of aryl methyl sites for hydroxylation is 2. The summed E-state index contributed by atoms with van der Waals surface area (Å²) < 4.78 is 9.03. The molecule has 174 valence electrons. The van der Waals surface area contributed by atoms with Crippen molar-refractivity contribution in [1.82, 2.24) is 0 Å². The summed E-state index contributed by atoms with van der Waals surface area (Å²) in [6.45, 7) is 21.4. The van der Waals surface area contributed by atoms with Gasteiger partial charge in [-0.3, -0.25) is 0 Å². The van der Waals surface area contributed by atoms with Crippen LogP contribution in [0.25, 0.3) is 49.2 Å². The van der Waals surface area contributed by atoms with E-state index in [4.69, 9.17) is 11.0 Å². The van der Waals surface area contributed by atoms with E-state index in [2.05, 4.69) is 105 Å². The number of hydrogen-bond acceptors (Lipinski definition) is 1. The topological polar surface area (TPSA) is 21.4 Å². The van der Waals surface area contributed by atoms with Gasteiger partial charge in [0.05, 0.1) is 20.2 Å². The molecule has 0 radical (unpaired) electrons. The molecule has 0 N–H and O–H groups in total. The third kappa shape index (κ3) is 3.68. The summed E-state index contributed by atoms with van der Waals surface area (Å²) in [5, 5.41) is 3.60. The molecule has 0 aliphatic rings.